The molecule has 3 rings (SSSR count). The smallest absolute Gasteiger partial charge is 0.225 e. The number of nitrogen functional groups attached to an aromatic ring is 1. The summed E-state index contributed by atoms with van der Waals surface area (Å²) < 4.78 is 11.3. The standard InChI is InChI=1S/C17H23N5O2/c1-11(2)24-16-8-15(21-17(18)22-16)20-14-10-23-9-13(14)7-12-3-5-19-6-4-12/h3-6,8,11,13-14H,7,9-10H2,1-2H3,(H3,18,20,21,22)/t13-,14-/m1/s1. The van der Waals surface area contributed by atoms with Crippen molar-refractivity contribution in [1.29, 1.82) is 0 Å². The lowest BCUT2D eigenvalue weighted by molar-refractivity contribution is 0.185. The molecule has 0 unspecified atom stereocenters. The highest BCUT2D eigenvalue weighted by atomic mass is 16.5. The Morgan fingerprint density at radius 2 is 2.08 bits per heavy atom. The Bertz CT molecular complexity index is 665. The highest BCUT2D eigenvalue weighted by Gasteiger charge is 2.28. The molecule has 128 valence electrons. The van der Waals surface area contributed by atoms with E-state index in [0.717, 1.165) is 13.0 Å². The molecule has 0 bridgehead atoms. The van der Waals surface area contributed by atoms with E-state index in [1.54, 1.807) is 6.07 Å². The number of nitrogens with zero attached hydrogens (tertiary/aromatic N) is 3. The van der Waals surface area contributed by atoms with Crippen LogP contribution in [-0.4, -0.2) is 40.3 Å². The van der Waals surface area contributed by atoms with E-state index in [4.69, 9.17) is 15.2 Å². The van der Waals surface area contributed by atoms with E-state index in [2.05, 4.69) is 20.3 Å². The van der Waals surface area contributed by atoms with Crippen LogP contribution in [0.3, 0.4) is 0 Å². The molecule has 0 radical (unpaired) electrons. The predicted octanol–water partition coefficient (Wildman–Crippen LogP) is 1.91. The van der Waals surface area contributed by atoms with Crippen molar-refractivity contribution < 1.29 is 9.47 Å². The van der Waals surface area contributed by atoms with Gasteiger partial charge in [-0.05, 0) is 38.0 Å². The number of ether oxygens (including phenoxy) is 2. The van der Waals surface area contributed by atoms with Crippen molar-refractivity contribution in [3.05, 3.63) is 36.2 Å². The summed E-state index contributed by atoms with van der Waals surface area (Å²) in [7, 11) is 0. The third-order valence-electron chi connectivity index (χ3n) is 3.86. The monoisotopic (exact) mass is 329 g/mol. The Labute approximate surface area is 141 Å². The van der Waals surface area contributed by atoms with Crippen molar-refractivity contribution in [3.8, 4) is 5.88 Å². The number of aromatic nitrogens is 3. The minimum absolute atomic E-state index is 0.0291. The van der Waals surface area contributed by atoms with Gasteiger partial charge in [0, 0.05) is 24.4 Å². The molecule has 7 nitrogen and oxygen atoms in total. The van der Waals surface area contributed by atoms with Crippen LogP contribution in [0.2, 0.25) is 0 Å². The molecule has 2 aromatic heterocycles. The van der Waals surface area contributed by atoms with Crippen LogP contribution in [0, 0.1) is 5.92 Å². The van der Waals surface area contributed by atoms with Crippen LogP contribution in [-0.2, 0) is 11.2 Å². The summed E-state index contributed by atoms with van der Waals surface area (Å²) in [5, 5.41) is 3.41. The largest absolute Gasteiger partial charge is 0.475 e. The lowest BCUT2D eigenvalue weighted by atomic mass is 9.95. The molecule has 1 saturated heterocycles. The number of hydrogen-bond acceptors (Lipinski definition) is 7. The van der Waals surface area contributed by atoms with Crippen LogP contribution in [0.25, 0.3) is 0 Å². The van der Waals surface area contributed by atoms with E-state index in [9.17, 15) is 0 Å². The van der Waals surface area contributed by atoms with Crippen molar-refractivity contribution in [2.24, 2.45) is 5.92 Å². The van der Waals surface area contributed by atoms with Crippen molar-refractivity contribution >= 4 is 11.8 Å². The topological polar surface area (TPSA) is 95.2 Å². The van der Waals surface area contributed by atoms with Crippen LogP contribution in [0.15, 0.2) is 30.6 Å². The zero-order valence-electron chi connectivity index (χ0n) is 14.0. The van der Waals surface area contributed by atoms with Crippen molar-refractivity contribution in [1.82, 2.24) is 15.0 Å². The predicted molar refractivity (Wildman–Crippen MR) is 91.9 cm³/mol. The van der Waals surface area contributed by atoms with E-state index in [1.807, 2.05) is 38.4 Å². The van der Waals surface area contributed by atoms with E-state index >= 15 is 0 Å². The number of nitrogens with two attached hydrogens (primary N) is 1. The maximum Gasteiger partial charge on any atom is 0.225 e. The molecule has 7 heteroatoms. The second-order valence-electron chi connectivity index (χ2n) is 6.22. The molecule has 3 heterocycles. The molecule has 0 saturated carbocycles. The lowest BCUT2D eigenvalue weighted by Crippen LogP contribution is -2.30. The van der Waals surface area contributed by atoms with E-state index in [1.165, 1.54) is 5.56 Å². The lowest BCUT2D eigenvalue weighted by Gasteiger charge is -2.20. The van der Waals surface area contributed by atoms with E-state index in [-0.39, 0.29) is 18.1 Å². The SMILES string of the molecule is CC(C)Oc1cc(N[C@@H]2COC[C@H]2Cc2ccncc2)nc(N)n1. The number of rotatable bonds is 6. The van der Waals surface area contributed by atoms with Gasteiger partial charge in [0.2, 0.25) is 11.8 Å². The first kappa shape index (κ1) is 16.4. The van der Waals surface area contributed by atoms with Crippen LogP contribution >= 0.6 is 0 Å². The van der Waals surface area contributed by atoms with Crippen LogP contribution in [0.4, 0.5) is 11.8 Å². The van der Waals surface area contributed by atoms with Gasteiger partial charge in [0.1, 0.15) is 5.82 Å². The highest BCUT2D eigenvalue weighted by Crippen LogP contribution is 2.24. The molecule has 0 amide bonds. The van der Waals surface area contributed by atoms with Crippen LogP contribution in [0.1, 0.15) is 19.4 Å². The van der Waals surface area contributed by atoms with Gasteiger partial charge in [-0.15, -0.1) is 0 Å². The van der Waals surface area contributed by atoms with Gasteiger partial charge in [0.25, 0.3) is 0 Å². The number of pyridine rings is 1. The molecule has 3 N–H and O–H groups in total. The first-order valence-corrected chi connectivity index (χ1v) is 8.14. The zero-order chi connectivity index (χ0) is 16.9. The number of nitrogens with one attached hydrogen (secondary N) is 1. The Morgan fingerprint density at radius 3 is 2.83 bits per heavy atom. The zero-order valence-corrected chi connectivity index (χ0v) is 14.0. The maximum absolute atomic E-state index is 5.79. The molecular weight excluding hydrogens is 306 g/mol. The third-order valence-corrected chi connectivity index (χ3v) is 3.86. The first-order chi connectivity index (χ1) is 11.6. The van der Waals surface area contributed by atoms with Crippen molar-refractivity contribution in [2.45, 2.75) is 32.4 Å². The molecule has 1 fully saturated rings. The summed E-state index contributed by atoms with van der Waals surface area (Å²) in [6.07, 6.45) is 4.58. The normalized spacial score (nSPS) is 20.3. The van der Waals surface area contributed by atoms with Gasteiger partial charge in [0.15, 0.2) is 0 Å². The van der Waals surface area contributed by atoms with Gasteiger partial charge >= 0.3 is 0 Å². The molecule has 0 spiro atoms. The molecule has 1 aliphatic rings. The molecular formula is C17H23N5O2. The second kappa shape index (κ2) is 7.44. The molecule has 24 heavy (non-hydrogen) atoms. The van der Waals surface area contributed by atoms with Gasteiger partial charge in [-0.25, -0.2) is 0 Å². The molecule has 0 aromatic carbocycles. The maximum atomic E-state index is 5.79. The Morgan fingerprint density at radius 1 is 1.29 bits per heavy atom. The van der Waals surface area contributed by atoms with Crippen LogP contribution in [0.5, 0.6) is 5.88 Å². The average Bonchev–Trinajstić information content (AvgIpc) is 2.94. The molecule has 2 atom stereocenters. The fourth-order valence-electron chi connectivity index (χ4n) is 2.79. The summed E-state index contributed by atoms with van der Waals surface area (Å²) in [5.74, 6) is 1.69. The van der Waals surface area contributed by atoms with Gasteiger partial charge in [-0.1, -0.05) is 0 Å². The van der Waals surface area contributed by atoms with E-state index in [0.29, 0.717) is 24.2 Å². The Balaban J connectivity index is 1.69. The van der Waals surface area contributed by atoms with Gasteiger partial charge in [-0.2, -0.15) is 9.97 Å². The summed E-state index contributed by atoms with van der Waals surface area (Å²) in [6.45, 7) is 5.25. The minimum Gasteiger partial charge on any atom is -0.475 e. The Hall–Kier alpha value is -2.41. The summed E-state index contributed by atoms with van der Waals surface area (Å²) in [4.78, 5) is 12.4. The van der Waals surface area contributed by atoms with Crippen LogP contribution < -0.4 is 15.8 Å². The van der Waals surface area contributed by atoms with Gasteiger partial charge < -0.3 is 20.5 Å². The number of hydrogen-bond donors (Lipinski definition) is 2. The quantitative estimate of drug-likeness (QED) is 0.836. The first-order valence-electron chi connectivity index (χ1n) is 8.14. The van der Waals surface area contributed by atoms with E-state index < -0.39 is 0 Å². The van der Waals surface area contributed by atoms with Gasteiger partial charge in [0.05, 0.1) is 25.4 Å². The van der Waals surface area contributed by atoms with Crippen molar-refractivity contribution in [3.63, 3.8) is 0 Å². The summed E-state index contributed by atoms with van der Waals surface area (Å²) >= 11 is 0. The fraction of sp³-hybridized carbons (Fsp3) is 0.471. The minimum atomic E-state index is 0.0291. The average molecular weight is 329 g/mol. The van der Waals surface area contributed by atoms with Crippen molar-refractivity contribution in [2.75, 3.05) is 24.3 Å². The fourth-order valence-corrected chi connectivity index (χ4v) is 2.79. The highest BCUT2D eigenvalue weighted by molar-refractivity contribution is 5.44. The third kappa shape index (κ3) is 4.32. The Kier molecular flexibility index (Phi) is 5.10. The second-order valence-corrected chi connectivity index (χ2v) is 6.22. The summed E-state index contributed by atoms with van der Waals surface area (Å²) in [5.41, 5.74) is 7.04. The van der Waals surface area contributed by atoms with Gasteiger partial charge in [-0.3, -0.25) is 4.98 Å². The number of anilines is 2. The molecule has 2 aromatic rings. The molecule has 1 aliphatic heterocycles. The molecule has 0 aliphatic carbocycles. The summed E-state index contributed by atoms with van der Waals surface area (Å²) in [6, 6.07) is 6.01.